The summed E-state index contributed by atoms with van der Waals surface area (Å²) in [5, 5.41) is 31.8. The van der Waals surface area contributed by atoms with Gasteiger partial charge in [0.15, 0.2) is 17.3 Å². The van der Waals surface area contributed by atoms with Crippen molar-refractivity contribution in [3.63, 3.8) is 0 Å². The number of methoxy groups -OCH3 is 2. The third-order valence-electron chi connectivity index (χ3n) is 8.47. The van der Waals surface area contributed by atoms with Crippen LogP contribution in [0.4, 0.5) is 0 Å². The van der Waals surface area contributed by atoms with Crippen molar-refractivity contribution in [2.75, 3.05) is 20.8 Å². The monoisotopic (exact) mass is 680 g/mol. The van der Waals surface area contributed by atoms with E-state index >= 15 is 0 Å². The minimum atomic E-state index is -1.64. The molecule has 3 N–H and O–H groups in total. The fourth-order valence-corrected chi connectivity index (χ4v) is 5.64. The maximum Gasteiger partial charge on any atom is 0.309 e. The number of esters is 1. The van der Waals surface area contributed by atoms with Crippen molar-refractivity contribution in [3.05, 3.63) is 83.0 Å². The molecule has 0 unspecified atom stereocenters. The number of allylic oxidation sites excluding steroid dienone is 4. The summed E-state index contributed by atoms with van der Waals surface area (Å²) in [4.78, 5) is 25.6. The zero-order valence-electron chi connectivity index (χ0n) is 28.8. The summed E-state index contributed by atoms with van der Waals surface area (Å²) in [7, 11) is 3.06. The molecular weight excluding hydrogens is 632 g/mol. The van der Waals surface area contributed by atoms with Gasteiger partial charge in [-0.2, -0.15) is 0 Å². The van der Waals surface area contributed by atoms with E-state index in [-0.39, 0.29) is 36.7 Å². The van der Waals surface area contributed by atoms with Crippen molar-refractivity contribution in [1.29, 1.82) is 0 Å². The summed E-state index contributed by atoms with van der Waals surface area (Å²) in [6.07, 6.45) is -0.181. The van der Waals surface area contributed by atoms with Gasteiger partial charge >= 0.3 is 5.97 Å². The van der Waals surface area contributed by atoms with Gasteiger partial charge in [0, 0.05) is 6.07 Å². The largest absolute Gasteiger partial charge is 0.493 e. The molecule has 4 rings (SSSR count). The molecule has 2 aliphatic heterocycles. The molecule has 49 heavy (non-hydrogen) atoms. The Balaban J connectivity index is 1.33. The lowest BCUT2D eigenvalue weighted by Crippen LogP contribution is -2.60. The number of hydrogen-bond donors (Lipinski definition) is 3. The summed E-state index contributed by atoms with van der Waals surface area (Å²) >= 11 is 0. The Labute approximate surface area is 287 Å². The van der Waals surface area contributed by atoms with Crippen molar-refractivity contribution in [2.24, 2.45) is 0 Å². The van der Waals surface area contributed by atoms with E-state index in [0.717, 1.165) is 36.8 Å². The third kappa shape index (κ3) is 10.2. The first kappa shape index (κ1) is 37.7. The van der Waals surface area contributed by atoms with Crippen LogP contribution in [0.3, 0.4) is 0 Å². The molecule has 0 amide bonds. The molecule has 1 saturated heterocycles. The van der Waals surface area contributed by atoms with Gasteiger partial charge in [-0.25, -0.2) is 0 Å². The highest BCUT2D eigenvalue weighted by atomic mass is 16.7. The van der Waals surface area contributed by atoms with Crippen LogP contribution in [0.2, 0.25) is 0 Å². The van der Waals surface area contributed by atoms with E-state index in [1.165, 1.54) is 31.9 Å². The lowest BCUT2D eigenvalue weighted by atomic mass is 9.96. The number of fused-ring (bicyclic) bond motifs is 1. The maximum absolute atomic E-state index is 13.0. The van der Waals surface area contributed by atoms with E-state index in [0.29, 0.717) is 22.6 Å². The highest BCUT2D eigenvalue weighted by Crippen LogP contribution is 2.40. The zero-order chi connectivity index (χ0) is 35.7. The average Bonchev–Trinajstić information content (AvgIpc) is 3.07. The number of hydrogen-bond acceptors (Lipinski definition) is 11. The summed E-state index contributed by atoms with van der Waals surface area (Å²) in [6, 6.07) is 9.84. The Morgan fingerprint density at radius 2 is 1.65 bits per heavy atom. The minimum absolute atomic E-state index is 0.0519. The molecule has 0 saturated carbocycles. The van der Waals surface area contributed by atoms with Crippen molar-refractivity contribution in [1.82, 2.24) is 0 Å². The van der Waals surface area contributed by atoms with Gasteiger partial charge in [0.05, 0.1) is 32.6 Å². The predicted molar refractivity (Wildman–Crippen MR) is 182 cm³/mol. The van der Waals surface area contributed by atoms with E-state index in [2.05, 4.69) is 26.5 Å². The molecule has 0 spiro atoms. The van der Waals surface area contributed by atoms with Crippen molar-refractivity contribution in [2.45, 2.75) is 96.1 Å². The summed E-state index contributed by atoms with van der Waals surface area (Å²) < 4.78 is 33.9. The third-order valence-corrected chi connectivity index (χ3v) is 8.47. The van der Waals surface area contributed by atoms with Crippen LogP contribution >= 0.6 is 0 Å². The van der Waals surface area contributed by atoms with Crippen LogP contribution in [0, 0.1) is 0 Å². The lowest BCUT2D eigenvalue weighted by Gasteiger charge is -2.40. The highest BCUT2D eigenvalue weighted by Gasteiger charge is 2.45. The van der Waals surface area contributed by atoms with Gasteiger partial charge in [0.2, 0.25) is 6.29 Å². The van der Waals surface area contributed by atoms with Gasteiger partial charge in [0.1, 0.15) is 48.6 Å². The second kappa shape index (κ2) is 17.5. The minimum Gasteiger partial charge on any atom is -0.493 e. The average molecular weight is 681 g/mol. The predicted octanol–water partition coefficient (Wildman–Crippen LogP) is 5.56. The molecular formula is C38H48O11. The number of rotatable bonds is 15. The van der Waals surface area contributed by atoms with Crippen LogP contribution < -0.4 is 18.9 Å². The first-order chi connectivity index (χ1) is 23.4. The second-order valence-corrected chi connectivity index (χ2v) is 12.7. The van der Waals surface area contributed by atoms with E-state index in [4.69, 9.17) is 28.4 Å². The molecule has 2 aromatic rings. The van der Waals surface area contributed by atoms with Crippen molar-refractivity contribution >= 4 is 11.8 Å². The fraction of sp³-hybridized carbons (Fsp3) is 0.474. The Hall–Kier alpha value is -4.16. The van der Waals surface area contributed by atoms with E-state index in [1.807, 2.05) is 13.0 Å². The highest BCUT2D eigenvalue weighted by molar-refractivity contribution is 6.00. The van der Waals surface area contributed by atoms with Gasteiger partial charge in [-0.1, -0.05) is 41.5 Å². The van der Waals surface area contributed by atoms with Gasteiger partial charge in [-0.3, -0.25) is 9.59 Å². The maximum atomic E-state index is 13.0. The van der Waals surface area contributed by atoms with Crippen molar-refractivity contribution < 1.29 is 53.3 Å². The fourth-order valence-electron chi connectivity index (χ4n) is 5.64. The molecule has 0 aromatic heterocycles. The van der Waals surface area contributed by atoms with Crippen LogP contribution in [-0.2, 0) is 14.3 Å². The Morgan fingerprint density at radius 1 is 0.939 bits per heavy atom. The second-order valence-electron chi connectivity index (χ2n) is 12.7. The number of Topliss-reactive ketones (excluding diaryl/α,β-unsaturated/α-hetero) is 1. The van der Waals surface area contributed by atoms with Crippen LogP contribution in [0.1, 0.15) is 81.3 Å². The van der Waals surface area contributed by atoms with E-state index in [1.54, 1.807) is 24.3 Å². The molecule has 266 valence electrons. The molecule has 0 radical (unpaired) electrons. The topological polar surface area (TPSA) is 150 Å². The molecule has 2 aromatic carbocycles. The molecule has 6 atom stereocenters. The van der Waals surface area contributed by atoms with Crippen LogP contribution in [0.25, 0.3) is 0 Å². The molecule has 2 aliphatic rings. The Bertz CT molecular complexity index is 1540. The Morgan fingerprint density at radius 3 is 2.35 bits per heavy atom. The standard InChI is InChI=1S/C38H48O11/c1-22(2)9-7-10-23(3)11-8-12-24(4)17-34(40)46-21-33-35(41)36(42)37(43)38(49-33)47-26-14-15-27-28(39)20-30(48-31(27)19-26)25-13-16-29(44-5)32(18-25)45-6/h9,12-16,18-19,30,33,35-38,41-43H,3,7-8,10-11,17,20-21H2,1-2,4-6H3/t30-,33+,35+,36-,37+,38+/m0/s1. The number of ether oxygens (including phenoxy) is 6. The van der Waals surface area contributed by atoms with E-state index < -0.39 is 42.8 Å². The zero-order valence-corrected chi connectivity index (χ0v) is 28.8. The summed E-state index contributed by atoms with van der Waals surface area (Å²) in [5.41, 5.74) is 4.35. The first-order valence-electron chi connectivity index (χ1n) is 16.4. The number of aliphatic hydroxyl groups excluding tert-OH is 3. The number of aliphatic hydroxyl groups is 3. The van der Waals surface area contributed by atoms with Gasteiger partial charge in [-0.05, 0) is 76.3 Å². The van der Waals surface area contributed by atoms with Crippen LogP contribution in [0.15, 0.2) is 71.8 Å². The SMILES string of the molecule is C=C(CCC=C(C)C)CCC=C(C)CC(=O)OC[C@H]1O[C@@H](Oc2ccc3c(c2)O[C@H](c2ccc(OC)c(OC)c2)CC3=O)[C@H](O)[C@@H](O)[C@@H]1O. The van der Waals surface area contributed by atoms with Crippen LogP contribution in [-0.4, -0.2) is 78.6 Å². The number of carbonyl (C=O) groups excluding carboxylic acids is 2. The summed E-state index contributed by atoms with van der Waals surface area (Å²) in [6.45, 7) is 9.74. The Kier molecular flexibility index (Phi) is 13.4. The molecule has 2 heterocycles. The number of ketones is 1. The van der Waals surface area contributed by atoms with E-state index in [9.17, 15) is 24.9 Å². The molecule has 11 heteroatoms. The molecule has 11 nitrogen and oxygen atoms in total. The van der Waals surface area contributed by atoms with Crippen molar-refractivity contribution in [3.8, 4) is 23.0 Å². The number of carbonyl (C=O) groups is 2. The normalized spacial score (nSPS) is 23.5. The van der Waals surface area contributed by atoms with Gasteiger partial charge in [-0.15, -0.1) is 0 Å². The smallest absolute Gasteiger partial charge is 0.309 e. The molecule has 0 bridgehead atoms. The summed E-state index contributed by atoms with van der Waals surface area (Å²) in [5.74, 6) is 0.836. The first-order valence-corrected chi connectivity index (χ1v) is 16.4. The van der Waals surface area contributed by atoms with Crippen LogP contribution in [0.5, 0.6) is 23.0 Å². The molecule has 0 aliphatic carbocycles. The van der Waals surface area contributed by atoms with Gasteiger partial charge in [0.25, 0.3) is 0 Å². The molecule has 1 fully saturated rings. The number of benzene rings is 2. The quantitative estimate of drug-likeness (QED) is 0.160. The lowest BCUT2D eigenvalue weighted by molar-refractivity contribution is -0.278. The van der Waals surface area contributed by atoms with Gasteiger partial charge < -0.3 is 43.7 Å².